The van der Waals surface area contributed by atoms with Crippen LogP contribution in [0.3, 0.4) is 0 Å². The van der Waals surface area contributed by atoms with Crippen molar-refractivity contribution in [2.45, 2.75) is 24.5 Å². The third-order valence-corrected chi connectivity index (χ3v) is 3.70. The molecule has 0 saturated heterocycles. The van der Waals surface area contributed by atoms with Crippen molar-refractivity contribution >= 4 is 5.97 Å². The molecule has 0 amide bonds. The summed E-state index contributed by atoms with van der Waals surface area (Å²) >= 11 is 0. The van der Waals surface area contributed by atoms with Crippen LogP contribution in [0.1, 0.15) is 23.5 Å². The van der Waals surface area contributed by atoms with Crippen molar-refractivity contribution in [2.24, 2.45) is 0 Å². The maximum Gasteiger partial charge on any atom is 0.339 e. The number of hydrogen-bond acceptors (Lipinski definition) is 3. The lowest BCUT2D eigenvalue weighted by atomic mass is 10.1. The molecule has 2 aromatic carbocycles. The molecule has 2 aromatic rings. The van der Waals surface area contributed by atoms with Crippen LogP contribution < -0.4 is 0 Å². The van der Waals surface area contributed by atoms with Crippen molar-refractivity contribution in [1.29, 1.82) is 0 Å². The SMILES string of the molecule is O=C(OCc1ccccc1)C1(O)C[C@@H]1c1ccccc1. The average molecular weight is 268 g/mol. The number of esters is 1. The first-order valence-electron chi connectivity index (χ1n) is 6.68. The standard InChI is InChI=1S/C17H16O3/c18-16(20-12-13-7-3-1-4-8-13)17(19)11-15(17)14-9-5-2-6-10-14/h1-10,15,19H,11-12H2/t15-,17?/m1/s1. The molecule has 0 spiro atoms. The summed E-state index contributed by atoms with van der Waals surface area (Å²) < 4.78 is 5.22. The van der Waals surface area contributed by atoms with E-state index >= 15 is 0 Å². The molecule has 0 bridgehead atoms. The van der Waals surface area contributed by atoms with E-state index in [1.54, 1.807) is 0 Å². The van der Waals surface area contributed by atoms with Crippen LogP contribution in [0, 0.1) is 0 Å². The molecule has 1 aliphatic carbocycles. The number of benzene rings is 2. The van der Waals surface area contributed by atoms with Gasteiger partial charge in [-0.15, -0.1) is 0 Å². The van der Waals surface area contributed by atoms with E-state index in [0.717, 1.165) is 11.1 Å². The van der Waals surface area contributed by atoms with Crippen LogP contribution in [0.4, 0.5) is 0 Å². The molecule has 102 valence electrons. The minimum atomic E-state index is -1.35. The minimum Gasteiger partial charge on any atom is -0.459 e. The molecule has 1 aliphatic rings. The first kappa shape index (κ1) is 12.9. The second-order valence-electron chi connectivity index (χ2n) is 5.15. The van der Waals surface area contributed by atoms with E-state index in [0.29, 0.717) is 6.42 Å². The van der Waals surface area contributed by atoms with Crippen LogP contribution in [0.2, 0.25) is 0 Å². The highest BCUT2D eigenvalue weighted by Gasteiger charge is 2.61. The molecule has 1 saturated carbocycles. The average Bonchev–Trinajstić information content (AvgIpc) is 3.20. The normalized spacial score (nSPS) is 24.1. The Labute approximate surface area is 117 Å². The molecule has 3 heteroatoms. The summed E-state index contributed by atoms with van der Waals surface area (Å²) in [4.78, 5) is 12.0. The molecule has 0 radical (unpaired) electrons. The topological polar surface area (TPSA) is 46.5 Å². The minimum absolute atomic E-state index is 0.146. The Morgan fingerprint density at radius 1 is 1.10 bits per heavy atom. The molecule has 1 fully saturated rings. The lowest BCUT2D eigenvalue weighted by molar-refractivity contribution is -0.157. The fraction of sp³-hybridized carbons (Fsp3) is 0.235. The van der Waals surface area contributed by atoms with Crippen molar-refractivity contribution in [2.75, 3.05) is 0 Å². The number of hydrogen-bond donors (Lipinski definition) is 1. The van der Waals surface area contributed by atoms with Gasteiger partial charge in [0.15, 0.2) is 5.60 Å². The van der Waals surface area contributed by atoms with Crippen LogP contribution in [0.25, 0.3) is 0 Å². The molecule has 0 heterocycles. The van der Waals surface area contributed by atoms with Gasteiger partial charge in [0.25, 0.3) is 0 Å². The van der Waals surface area contributed by atoms with E-state index in [9.17, 15) is 9.90 Å². The molecule has 3 rings (SSSR count). The molecule has 1 unspecified atom stereocenters. The predicted molar refractivity (Wildman–Crippen MR) is 75.0 cm³/mol. The first-order valence-corrected chi connectivity index (χ1v) is 6.68. The lowest BCUT2D eigenvalue weighted by Gasteiger charge is -2.11. The highest BCUT2D eigenvalue weighted by atomic mass is 16.6. The summed E-state index contributed by atoms with van der Waals surface area (Å²) in [5.74, 6) is -0.679. The van der Waals surface area contributed by atoms with E-state index < -0.39 is 11.6 Å². The highest BCUT2D eigenvalue weighted by molar-refractivity contribution is 5.85. The number of aliphatic hydroxyl groups is 1. The maximum atomic E-state index is 12.0. The van der Waals surface area contributed by atoms with Gasteiger partial charge >= 0.3 is 5.97 Å². The molecule has 0 aliphatic heterocycles. The van der Waals surface area contributed by atoms with E-state index in [1.807, 2.05) is 60.7 Å². The summed E-state index contributed by atoms with van der Waals surface area (Å²) in [6, 6.07) is 19.0. The van der Waals surface area contributed by atoms with Gasteiger partial charge in [0.2, 0.25) is 0 Å². The van der Waals surface area contributed by atoms with Gasteiger partial charge in [0, 0.05) is 5.92 Å². The van der Waals surface area contributed by atoms with Crippen molar-refractivity contribution < 1.29 is 14.6 Å². The molecular weight excluding hydrogens is 252 g/mol. The fourth-order valence-corrected chi connectivity index (χ4v) is 2.40. The smallest absolute Gasteiger partial charge is 0.339 e. The Morgan fingerprint density at radius 2 is 1.70 bits per heavy atom. The fourth-order valence-electron chi connectivity index (χ4n) is 2.40. The van der Waals surface area contributed by atoms with Gasteiger partial charge < -0.3 is 9.84 Å². The third-order valence-electron chi connectivity index (χ3n) is 3.70. The summed E-state index contributed by atoms with van der Waals surface area (Å²) in [5.41, 5.74) is 0.545. The Balaban J connectivity index is 1.61. The number of carbonyl (C=O) groups is 1. The Hall–Kier alpha value is -2.13. The van der Waals surface area contributed by atoms with Gasteiger partial charge in [0.1, 0.15) is 6.61 Å². The number of ether oxygens (including phenoxy) is 1. The summed E-state index contributed by atoms with van der Waals surface area (Å²) in [5, 5.41) is 10.3. The second kappa shape index (κ2) is 5.10. The van der Waals surface area contributed by atoms with Gasteiger partial charge in [-0.1, -0.05) is 60.7 Å². The first-order chi connectivity index (χ1) is 9.70. The highest BCUT2D eigenvalue weighted by Crippen LogP contribution is 2.52. The summed E-state index contributed by atoms with van der Waals surface area (Å²) in [7, 11) is 0. The van der Waals surface area contributed by atoms with Crippen molar-refractivity contribution in [3.63, 3.8) is 0 Å². The summed E-state index contributed by atoms with van der Waals surface area (Å²) in [6.45, 7) is 0.198. The summed E-state index contributed by atoms with van der Waals surface area (Å²) in [6.07, 6.45) is 0.435. The Bertz CT molecular complexity index is 594. The third kappa shape index (κ3) is 2.45. The van der Waals surface area contributed by atoms with Crippen LogP contribution in [0.15, 0.2) is 60.7 Å². The predicted octanol–water partition coefficient (Wildman–Crippen LogP) is 2.65. The molecule has 0 aromatic heterocycles. The van der Waals surface area contributed by atoms with Crippen LogP contribution >= 0.6 is 0 Å². The monoisotopic (exact) mass is 268 g/mol. The van der Waals surface area contributed by atoms with E-state index in [2.05, 4.69) is 0 Å². The molecular formula is C17H16O3. The van der Waals surface area contributed by atoms with Crippen LogP contribution in [-0.4, -0.2) is 16.7 Å². The van der Waals surface area contributed by atoms with Crippen LogP contribution in [0.5, 0.6) is 0 Å². The number of carbonyl (C=O) groups excluding carboxylic acids is 1. The van der Waals surface area contributed by atoms with Gasteiger partial charge in [-0.05, 0) is 17.5 Å². The van der Waals surface area contributed by atoms with Crippen molar-refractivity contribution in [3.8, 4) is 0 Å². The zero-order valence-corrected chi connectivity index (χ0v) is 11.0. The lowest BCUT2D eigenvalue weighted by Crippen LogP contribution is -2.26. The molecule has 1 N–H and O–H groups in total. The number of rotatable bonds is 4. The van der Waals surface area contributed by atoms with E-state index in [1.165, 1.54) is 0 Å². The van der Waals surface area contributed by atoms with Gasteiger partial charge in [-0.25, -0.2) is 4.79 Å². The second-order valence-corrected chi connectivity index (χ2v) is 5.15. The van der Waals surface area contributed by atoms with E-state index in [-0.39, 0.29) is 12.5 Å². The van der Waals surface area contributed by atoms with Gasteiger partial charge in [-0.3, -0.25) is 0 Å². The zero-order valence-electron chi connectivity index (χ0n) is 11.0. The van der Waals surface area contributed by atoms with Crippen molar-refractivity contribution in [1.82, 2.24) is 0 Å². The largest absolute Gasteiger partial charge is 0.459 e. The van der Waals surface area contributed by atoms with Gasteiger partial charge in [-0.2, -0.15) is 0 Å². The maximum absolute atomic E-state index is 12.0. The van der Waals surface area contributed by atoms with E-state index in [4.69, 9.17) is 4.74 Å². The zero-order chi connectivity index (χ0) is 14.0. The molecule has 2 atom stereocenters. The van der Waals surface area contributed by atoms with Crippen molar-refractivity contribution in [3.05, 3.63) is 71.8 Å². The van der Waals surface area contributed by atoms with Gasteiger partial charge in [0.05, 0.1) is 0 Å². The Kier molecular flexibility index (Phi) is 3.28. The Morgan fingerprint density at radius 3 is 2.35 bits per heavy atom. The van der Waals surface area contributed by atoms with Crippen LogP contribution in [-0.2, 0) is 16.1 Å². The quantitative estimate of drug-likeness (QED) is 0.867. The molecule has 3 nitrogen and oxygen atoms in total. The molecule has 20 heavy (non-hydrogen) atoms.